The van der Waals surface area contributed by atoms with E-state index in [1.54, 1.807) is 11.1 Å². The highest BCUT2D eigenvalue weighted by Gasteiger charge is 2.32. The van der Waals surface area contributed by atoms with Crippen molar-refractivity contribution in [2.45, 2.75) is 25.5 Å². The number of likely N-dealkylation sites (tertiary alicyclic amines) is 1. The Morgan fingerprint density at radius 3 is 2.71 bits per heavy atom. The van der Waals surface area contributed by atoms with E-state index in [1.165, 1.54) is 6.20 Å². The number of aromatic nitrogens is 3. The van der Waals surface area contributed by atoms with E-state index in [-0.39, 0.29) is 24.1 Å². The van der Waals surface area contributed by atoms with Gasteiger partial charge in [0.15, 0.2) is 0 Å². The van der Waals surface area contributed by atoms with Gasteiger partial charge in [0, 0.05) is 18.9 Å². The molecule has 7 heteroatoms. The highest BCUT2D eigenvalue weighted by Crippen LogP contribution is 2.31. The Balaban J connectivity index is 1.49. The summed E-state index contributed by atoms with van der Waals surface area (Å²) >= 11 is 0. The van der Waals surface area contributed by atoms with E-state index in [0.717, 1.165) is 18.5 Å². The first kappa shape index (κ1) is 17.9. The number of H-pyrrole nitrogens is 1. The largest absolute Gasteiger partial charge is 0.486 e. The second-order valence-electron chi connectivity index (χ2n) is 6.59. The van der Waals surface area contributed by atoms with Crippen molar-refractivity contribution in [1.29, 1.82) is 0 Å². The summed E-state index contributed by atoms with van der Waals surface area (Å²) in [5.74, 6) is 0.728. The van der Waals surface area contributed by atoms with Crippen LogP contribution in [-0.4, -0.2) is 32.3 Å². The molecule has 1 saturated heterocycles. The number of carbonyl (C=O) groups is 1. The molecule has 3 aromatic rings. The molecule has 0 unspecified atom stereocenters. The second-order valence-corrected chi connectivity index (χ2v) is 6.59. The SMILES string of the molecule is O=C(c1cnc(COc2ccccc2)[nH]c1=O)N1CCC[C@@H]1c1ccccn1. The van der Waals surface area contributed by atoms with Crippen LogP contribution in [-0.2, 0) is 6.61 Å². The van der Waals surface area contributed by atoms with E-state index in [9.17, 15) is 9.59 Å². The lowest BCUT2D eigenvalue weighted by molar-refractivity contribution is 0.0730. The van der Waals surface area contributed by atoms with Crippen molar-refractivity contribution >= 4 is 5.91 Å². The van der Waals surface area contributed by atoms with Crippen LogP contribution in [0.5, 0.6) is 5.75 Å². The Bertz CT molecular complexity index is 1000. The number of hydrogen-bond acceptors (Lipinski definition) is 5. The smallest absolute Gasteiger partial charge is 0.263 e. The standard InChI is InChI=1S/C21H20N4O3/c26-20-16(13-23-19(24-20)14-28-15-7-2-1-3-8-15)21(27)25-12-6-10-18(25)17-9-4-5-11-22-17/h1-5,7-9,11,13,18H,6,10,12,14H2,(H,23,24,26)/t18-/m1/s1. The van der Waals surface area contributed by atoms with Gasteiger partial charge in [0.05, 0.1) is 11.7 Å². The van der Waals surface area contributed by atoms with Crippen LogP contribution in [0.1, 0.15) is 40.8 Å². The molecular weight excluding hydrogens is 356 g/mol. The summed E-state index contributed by atoms with van der Waals surface area (Å²) in [4.78, 5) is 38.3. The van der Waals surface area contributed by atoms with E-state index < -0.39 is 5.56 Å². The third-order valence-corrected chi connectivity index (χ3v) is 4.74. The van der Waals surface area contributed by atoms with Gasteiger partial charge < -0.3 is 14.6 Å². The first-order chi connectivity index (χ1) is 13.7. The fraction of sp³-hybridized carbons (Fsp3) is 0.238. The molecule has 1 amide bonds. The van der Waals surface area contributed by atoms with Gasteiger partial charge in [-0.2, -0.15) is 0 Å². The molecule has 4 rings (SSSR count). The summed E-state index contributed by atoms with van der Waals surface area (Å²) in [5.41, 5.74) is 0.412. The lowest BCUT2D eigenvalue weighted by atomic mass is 10.1. The first-order valence-corrected chi connectivity index (χ1v) is 9.20. The molecule has 1 aromatic carbocycles. The predicted octanol–water partition coefficient (Wildman–Crippen LogP) is 2.72. The Morgan fingerprint density at radius 2 is 1.96 bits per heavy atom. The summed E-state index contributed by atoms with van der Waals surface area (Å²) in [6, 6.07) is 14.8. The zero-order chi connectivity index (χ0) is 19.3. The Morgan fingerprint density at radius 1 is 1.14 bits per heavy atom. The van der Waals surface area contributed by atoms with Crippen molar-refractivity contribution in [3.63, 3.8) is 0 Å². The average Bonchev–Trinajstić information content (AvgIpc) is 3.23. The van der Waals surface area contributed by atoms with Crippen molar-refractivity contribution in [2.75, 3.05) is 6.54 Å². The maximum absolute atomic E-state index is 12.9. The van der Waals surface area contributed by atoms with Crippen LogP contribution in [0.4, 0.5) is 0 Å². The lowest BCUT2D eigenvalue weighted by Crippen LogP contribution is -2.35. The second kappa shape index (κ2) is 8.04. The Hall–Kier alpha value is -3.48. The highest BCUT2D eigenvalue weighted by atomic mass is 16.5. The molecule has 1 aliphatic rings. The summed E-state index contributed by atoms with van der Waals surface area (Å²) in [5, 5.41) is 0. The molecule has 0 radical (unpaired) electrons. The van der Waals surface area contributed by atoms with Crippen molar-refractivity contribution in [1.82, 2.24) is 19.9 Å². The van der Waals surface area contributed by atoms with E-state index in [2.05, 4.69) is 15.0 Å². The van der Waals surface area contributed by atoms with Gasteiger partial charge in [-0.3, -0.25) is 14.6 Å². The minimum atomic E-state index is -0.460. The van der Waals surface area contributed by atoms with E-state index >= 15 is 0 Å². The van der Waals surface area contributed by atoms with E-state index in [4.69, 9.17) is 4.74 Å². The monoisotopic (exact) mass is 376 g/mol. The molecule has 1 N–H and O–H groups in total. The summed E-state index contributed by atoms with van der Waals surface area (Å²) < 4.78 is 5.59. The van der Waals surface area contributed by atoms with Crippen molar-refractivity contribution in [3.05, 3.63) is 88.4 Å². The van der Waals surface area contributed by atoms with Gasteiger partial charge in [0.1, 0.15) is 23.7 Å². The molecule has 1 aliphatic heterocycles. The molecule has 0 aliphatic carbocycles. The van der Waals surface area contributed by atoms with Crippen LogP contribution in [0.3, 0.4) is 0 Å². The van der Waals surface area contributed by atoms with Gasteiger partial charge in [0.2, 0.25) is 0 Å². The number of rotatable bonds is 5. The van der Waals surface area contributed by atoms with Gasteiger partial charge in [-0.1, -0.05) is 24.3 Å². The number of para-hydroxylation sites is 1. The number of ether oxygens (including phenoxy) is 1. The molecule has 0 saturated carbocycles. The quantitative estimate of drug-likeness (QED) is 0.740. The molecule has 28 heavy (non-hydrogen) atoms. The van der Waals surface area contributed by atoms with Crippen LogP contribution < -0.4 is 10.3 Å². The number of nitrogens with zero attached hydrogens (tertiary/aromatic N) is 3. The average molecular weight is 376 g/mol. The number of nitrogens with one attached hydrogen (secondary N) is 1. The third kappa shape index (κ3) is 3.78. The number of pyridine rings is 1. The first-order valence-electron chi connectivity index (χ1n) is 9.20. The zero-order valence-corrected chi connectivity index (χ0v) is 15.2. The molecule has 1 atom stereocenters. The molecule has 3 heterocycles. The third-order valence-electron chi connectivity index (χ3n) is 4.74. The maximum Gasteiger partial charge on any atom is 0.263 e. The fourth-order valence-electron chi connectivity index (χ4n) is 3.37. The Kier molecular flexibility index (Phi) is 5.14. The minimum absolute atomic E-state index is 0.0336. The molecule has 7 nitrogen and oxygen atoms in total. The van der Waals surface area contributed by atoms with Crippen LogP contribution in [0.2, 0.25) is 0 Å². The number of carbonyl (C=O) groups excluding carboxylic acids is 1. The van der Waals surface area contributed by atoms with Crippen LogP contribution in [0.15, 0.2) is 65.7 Å². The molecule has 2 aromatic heterocycles. The van der Waals surface area contributed by atoms with Crippen molar-refractivity contribution in [3.8, 4) is 5.75 Å². The van der Waals surface area contributed by atoms with Gasteiger partial charge in [-0.25, -0.2) is 4.98 Å². The zero-order valence-electron chi connectivity index (χ0n) is 15.2. The number of aromatic amines is 1. The number of amides is 1. The summed E-state index contributed by atoms with van der Waals surface area (Å²) in [7, 11) is 0. The van der Waals surface area contributed by atoms with E-state index in [1.807, 2.05) is 48.5 Å². The topological polar surface area (TPSA) is 88.2 Å². The van der Waals surface area contributed by atoms with Crippen molar-refractivity contribution in [2.24, 2.45) is 0 Å². The van der Waals surface area contributed by atoms with Gasteiger partial charge in [0.25, 0.3) is 11.5 Å². The maximum atomic E-state index is 12.9. The minimum Gasteiger partial charge on any atom is -0.486 e. The summed E-state index contributed by atoms with van der Waals surface area (Å²) in [6.07, 6.45) is 4.75. The lowest BCUT2D eigenvalue weighted by Gasteiger charge is -2.24. The van der Waals surface area contributed by atoms with Crippen LogP contribution in [0, 0.1) is 0 Å². The van der Waals surface area contributed by atoms with Crippen LogP contribution in [0.25, 0.3) is 0 Å². The number of hydrogen-bond donors (Lipinski definition) is 1. The van der Waals surface area contributed by atoms with Crippen molar-refractivity contribution < 1.29 is 9.53 Å². The number of benzene rings is 1. The molecular formula is C21H20N4O3. The van der Waals surface area contributed by atoms with Gasteiger partial charge >= 0.3 is 0 Å². The summed E-state index contributed by atoms with van der Waals surface area (Å²) in [6.45, 7) is 0.715. The fourth-order valence-corrected chi connectivity index (χ4v) is 3.37. The normalized spacial score (nSPS) is 16.1. The highest BCUT2D eigenvalue weighted by molar-refractivity contribution is 5.94. The van der Waals surface area contributed by atoms with Gasteiger partial charge in [-0.15, -0.1) is 0 Å². The molecule has 0 bridgehead atoms. The van der Waals surface area contributed by atoms with E-state index in [0.29, 0.717) is 18.1 Å². The predicted molar refractivity (Wildman–Crippen MR) is 103 cm³/mol. The van der Waals surface area contributed by atoms with Gasteiger partial charge in [-0.05, 0) is 37.1 Å². The Labute approximate surface area is 162 Å². The van der Waals surface area contributed by atoms with Crippen LogP contribution >= 0.6 is 0 Å². The molecule has 0 spiro atoms. The molecule has 1 fully saturated rings. The molecule has 142 valence electrons.